The van der Waals surface area contributed by atoms with Gasteiger partial charge in [-0.05, 0) is 24.5 Å². The van der Waals surface area contributed by atoms with Crippen LogP contribution in [0.2, 0.25) is 0 Å². The van der Waals surface area contributed by atoms with Gasteiger partial charge in [-0.3, -0.25) is 4.79 Å². The molecule has 1 aliphatic heterocycles. The summed E-state index contributed by atoms with van der Waals surface area (Å²) >= 11 is 0. The summed E-state index contributed by atoms with van der Waals surface area (Å²) in [5, 5.41) is 0. The summed E-state index contributed by atoms with van der Waals surface area (Å²) in [6.07, 6.45) is 0.976. The zero-order chi connectivity index (χ0) is 14.0. The molecule has 0 aliphatic carbocycles. The number of benzene rings is 1. The van der Waals surface area contributed by atoms with Crippen LogP contribution in [0.3, 0.4) is 0 Å². The lowest BCUT2D eigenvalue weighted by Crippen LogP contribution is -2.23. The number of nitrogens with two attached hydrogens (primary N) is 1. The number of halogens is 2. The van der Waals surface area contributed by atoms with E-state index in [1.54, 1.807) is 4.90 Å². The van der Waals surface area contributed by atoms with Gasteiger partial charge in [0.1, 0.15) is 5.69 Å². The quantitative estimate of drug-likeness (QED) is 0.673. The highest BCUT2D eigenvalue weighted by atomic mass is 19.1. The van der Waals surface area contributed by atoms with Crippen molar-refractivity contribution in [1.29, 1.82) is 0 Å². The summed E-state index contributed by atoms with van der Waals surface area (Å²) in [7, 11) is 1.33. The largest absolute Gasteiger partial charge is 0.469 e. The third-order valence-corrected chi connectivity index (χ3v) is 3.32. The summed E-state index contributed by atoms with van der Waals surface area (Å²) in [5.74, 6) is -1.58. The number of anilines is 2. The molecule has 0 aromatic heterocycles. The molecule has 1 heterocycles. The summed E-state index contributed by atoms with van der Waals surface area (Å²) < 4.78 is 32.1. The predicted molar refractivity (Wildman–Crippen MR) is 67.7 cm³/mol. The second-order valence-corrected chi connectivity index (χ2v) is 4.71. The van der Waals surface area contributed by atoms with Gasteiger partial charge in [0.2, 0.25) is 0 Å². The van der Waals surface area contributed by atoms with Crippen LogP contribution < -0.4 is 10.6 Å². The molecule has 1 aliphatic rings. The number of esters is 1. The molecule has 1 atom stereocenters. The van der Waals surface area contributed by atoms with Crippen LogP contribution in [-0.2, 0) is 9.53 Å². The van der Waals surface area contributed by atoms with Crippen LogP contribution in [0.5, 0.6) is 0 Å². The average Bonchev–Trinajstić information content (AvgIpc) is 2.75. The molecule has 19 heavy (non-hydrogen) atoms. The minimum absolute atomic E-state index is 0.0591. The first-order chi connectivity index (χ1) is 9.01. The lowest BCUT2D eigenvalue weighted by atomic mass is 10.1. The van der Waals surface area contributed by atoms with Crippen molar-refractivity contribution in [3.8, 4) is 0 Å². The van der Waals surface area contributed by atoms with E-state index in [0.717, 1.165) is 12.1 Å². The lowest BCUT2D eigenvalue weighted by Gasteiger charge is -2.20. The van der Waals surface area contributed by atoms with E-state index >= 15 is 0 Å². The molecule has 0 bridgehead atoms. The Hall–Kier alpha value is -1.85. The Bertz CT molecular complexity index is 471. The third kappa shape index (κ3) is 2.94. The molecule has 0 saturated carbocycles. The molecule has 104 valence electrons. The molecule has 0 amide bonds. The molecule has 1 aromatic carbocycles. The van der Waals surface area contributed by atoms with Gasteiger partial charge >= 0.3 is 5.97 Å². The van der Waals surface area contributed by atoms with Crippen molar-refractivity contribution < 1.29 is 18.3 Å². The van der Waals surface area contributed by atoms with Crippen LogP contribution in [0.15, 0.2) is 12.1 Å². The van der Waals surface area contributed by atoms with Crippen molar-refractivity contribution in [3.05, 3.63) is 23.8 Å². The van der Waals surface area contributed by atoms with Gasteiger partial charge < -0.3 is 15.4 Å². The molecule has 1 fully saturated rings. The highest BCUT2D eigenvalue weighted by Crippen LogP contribution is 2.31. The zero-order valence-electron chi connectivity index (χ0n) is 10.7. The molecular weight excluding hydrogens is 254 g/mol. The Labute approximate surface area is 110 Å². The number of carbonyl (C=O) groups excluding carboxylic acids is 1. The van der Waals surface area contributed by atoms with Crippen LogP contribution in [0.1, 0.15) is 12.8 Å². The Morgan fingerprint density at radius 1 is 1.47 bits per heavy atom. The van der Waals surface area contributed by atoms with Gasteiger partial charge in [-0.25, -0.2) is 8.78 Å². The van der Waals surface area contributed by atoms with E-state index in [1.807, 2.05) is 0 Å². The normalized spacial score (nSPS) is 18.7. The maximum atomic E-state index is 13.8. The minimum atomic E-state index is -0.670. The standard InChI is InChI=1S/C13H16F2N2O2/c1-19-12(18)4-8-2-3-17(7-8)13-10(14)5-9(16)6-11(13)15/h5-6,8H,2-4,7,16H2,1H3. The average molecular weight is 270 g/mol. The number of nitrogen functional groups attached to an aromatic ring is 1. The second kappa shape index (κ2) is 5.42. The van der Waals surface area contributed by atoms with E-state index in [2.05, 4.69) is 4.74 Å². The van der Waals surface area contributed by atoms with Gasteiger partial charge in [-0.1, -0.05) is 0 Å². The van der Waals surface area contributed by atoms with Gasteiger partial charge in [0.25, 0.3) is 0 Å². The molecule has 4 nitrogen and oxygen atoms in total. The fraction of sp³-hybridized carbons (Fsp3) is 0.462. The molecule has 1 saturated heterocycles. The first-order valence-corrected chi connectivity index (χ1v) is 6.07. The Kier molecular flexibility index (Phi) is 3.87. The van der Waals surface area contributed by atoms with Crippen molar-refractivity contribution in [2.24, 2.45) is 5.92 Å². The Balaban J connectivity index is 2.11. The van der Waals surface area contributed by atoms with Crippen LogP contribution in [0.25, 0.3) is 0 Å². The van der Waals surface area contributed by atoms with E-state index in [4.69, 9.17) is 5.73 Å². The monoisotopic (exact) mass is 270 g/mol. The van der Waals surface area contributed by atoms with E-state index in [0.29, 0.717) is 19.5 Å². The number of nitrogens with zero attached hydrogens (tertiary/aromatic N) is 1. The first-order valence-electron chi connectivity index (χ1n) is 6.07. The van der Waals surface area contributed by atoms with Crippen LogP contribution in [0, 0.1) is 17.6 Å². The summed E-state index contributed by atoms with van der Waals surface area (Å²) in [4.78, 5) is 12.8. The molecule has 6 heteroatoms. The molecule has 0 spiro atoms. The molecule has 0 radical (unpaired) electrons. The molecule has 1 unspecified atom stereocenters. The van der Waals surface area contributed by atoms with E-state index in [-0.39, 0.29) is 29.7 Å². The number of ether oxygens (including phenoxy) is 1. The number of carbonyl (C=O) groups is 1. The maximum Gasteiger partial charge on any atom is 0.305 e. The lowest BCUT2D eigenvalue weighted by molar-refractivity contribution is -0.141. The van der Waals surface area contributed by atoms with Crippen molar-refractivity contribution in [2.75, 3.05) is 30.8 Å². The van der Waals surface area contributed by atoms with Crippen LogP contribution >= 0.6 is 0 Å². The number of methoxy groups -OCH3 is 1. The summed E-state index contributed by atoms with van der Waals surface area (Å²) in [6, 6.07) is 2.21. The van der Waals surface area contributed by atoms with Gasteiger partial charge in [0.15, 0.2) is 11.6 Å². The van der Waals surface area contributed by atoms with Crippen molar-refractivity contribution in [3.63, 3.8) is 0 Å². The van der Waals surface area contributed by atoms with Crippen molar-refractivity contribution in [1.82, 2.24) is 0 Å². The smallest absolute Gasteiger partial charge is 0.305 e. The topological polar surface area (TPSA) is 55.6 Å². The first kappa shape index (κ1) is 13.6. The minimum Gasteiger partial charge on any atom is -0.469 e. The predicted octanol–water partition coefficient (Wildman–Crippen LogP) is 1.94. The number of hydrogen-bond donors (Lipinski definition) is 1. The molecular formula is C13H16F2N2O2. The Morgan fingerprint density at radius 2 is 2.11 bits per heavy atom. The maximum absolute atomic E-state index is 13.8. The van der Waals surface area contributed by atoms with E-state index < -0.39 is 11.6 Å². The van der Waals surface area contributed by atoms with Gasteiger partial charge in [0, 0.05) is 18.8 Å². The van der Waals surface area contributed by atoms with E-state index in [9.17, 15) is 13.6 Å². The van der Waals surface area contributed by atoms with Crippen molar-refractivity contribution in [2.45, 2.75) is 12.8 Å². The highest BCUT2D eigenvalue weighted by molar-refractivity contribution is 5.69. The van der Waals surface area contributed by atoms with Crippen LogP contribution in [-0.4, -0.2) is 26.2 Å². The zero-order valence-corrected chi connectivity index (χ0v) is 10.7. The van der Waals surface area contributed by atoms with E-state index in [1.165, 1.54) is 7.11 Å². The molecule has 1 aromatic rings. The second-order valence-electron chi connectivity index (χ2n) is 4.71. The van der Waals surface area contributed by atoms with Gasteiger partial charge in [0.05, 0.1) is 13.5 Å². The van der Waals surface area contributed by atoms with Crippen molar-refractivity contribution >= 4 is 17.3 Å². The fourth-order valence-electron chi connectivity index (χ4n) is 2.41. The SMILES string of the molecule is COC(=O)CC1CCN(c2c(F)cc(N)cc2F)C1. The molecule has 2 rings (SSSR count). The third-order valence-electron chi connectivity index (χ3n) is 3.32. The summed E-state index contributed by atoms with van der Waals surface area (Å²) in [6.45, 7) is 0.951. The fourth-order valence-corrected chi connectivity index (χ4v) is 2.41. The number of rotatable bonds is 3. The van der Waals surface area contributed by atoms with Crippen LogP contribution in [0.4, 0.5) is 20.2 Å². The Morgan fingerprint density at radius 3 is 2.68 bits per heavy atom. The van der Waals surface area contributed by atoms with Gasteiger partial charge in [-0.2, -0.15) is 0 Å². The van der Waals surface area contributed by atoms with Gasteiger partial charge in [-0.15, -0.1) is 0 Å². The molecule has 2 N–H and O–H groups in total. The summed E-state index contributed by atoms with van der Waals surface area (Å²) in [5.41, 5.74) is 5.37. The highest BCUT2D eigenvalue weighted by Gasteiger charge is 2.28. The number of hydrogen-bond acceptors (Lipinski definition) is 4.